The van der Waals surface area contributed by atoms with E-state index in [0.717, 1.165) is 18.8 Å². The molecule has 0 bridgehead atoms. The summed E-state index contributed by atoms with van der Waals surface area (Å²) < 4.78 is 0. The molecule has 3 heteroatoms. The van der Waals surface area contributed by atoms with Gasteiger partial charge in [-0.1, -0.05) is 0 Å². The van der Waals surface area contributed by atoms with E-state index in [1.54, 1.807) is 0 Å². The van der Waals surface area contributed by atoms with Crippen molar-refractivity contribution in [2.45, 2.75) is 32.1 Å². The average Bonchev–Trinajstić information content (AvgIpc) is 2.05. The van der Waals surface area contributed by atoms with E-state index in [2.05, 4.69) is 0 Å². The molecule has 2 nitrogen and oxygen atoms in total. The molecule has 0 saturated carbocycles. The number of rotatable bonds is 4. The van der Waals surface area contributed by atoms with Crippen molar-refractivity contribution in [3.05, 3.63) is 0 Å². The first-order chi connectivity index (χ1) is 5.79. The van der Waals surface area contributed by atoms with Gasteiger partial charge in [0.15, 0.2) is 0 Å². The Morgan fingerprint density at radius 2 is 2.42 bits per heavy atom. The third-order valence-electron chi connectivity index (χ3n) is 2.26. The summed E-state index contributed by atoms with van der Waals surface area (Å²) in [5.41, 5.74) is 0. The summed E-state index contributed by atoms with van der Waals surface area (Å²) in [5.74, 6) is 2.69. The van der Waals surface area contributed by atoms with E-state index >= 15 is 0 Å². The Kier molecular flexibility index (Phi) is 4.51. The van der Waals surface area contributed by atoms with Crippen LogP contribution in [0.5, 0.6) is 0 Å². The topological polar surface area (TPSA) is 37.3 Å². The molecule has 0 amide bonds. The second-order valence-electron chi connectivity index (χ2n) is 3.37. The fraction of sp³-hybridized carbons (Fsp3) is 0.889. The third kappa shape index (κ3) is 4.00. The van der Waals surface area contributed by atoms with Crippen LogP contribution in [0, 0.1) is 5.92 Å². The van der Waals surface area contributed by atoms with Gasteiger partial charge >= 0.3 is 5.97 Å². The highest BCUT2D eigenvalue weighted by atomic mass is 32.2. The normalized spacial score (nSPS) is 23.8. The zero-order chi connectivity index (χ0) is 8.81. The van der Waals surface area contributed by atoms with Crippen LogP contribution in [0.25, 0.3) is 0 Å². The van der Waals surface area contributed by atoms with Gasteiger partial charge in [0.1, 0.15) is 0 Å². The Balaban J connectivity index is 2.01. The third-order valence-corrected chi connectivity index (χ3v) is 3.54. The fourth-order valence-corrected chi connectivity index (χ4v) is 2.78. The molecule has 1 fully saturated rings. The summed E-state index contributed by atoms with van der Waals surface area (Å²) in [7, 11) is 0. The predicted molar refractivity (Wildman–Crippen MR) is 51.5 cm³/mol. The zero-order valence-electron chi connectivity index (χ0n) is 7.29. The minimum Gasteiger partial charge on any atom is -0.481 e. The van der Waals surface area contributed by atoms with Crippen LogP contribution in [0.1, 0.15) is 32.1 Å². The van der Waals surface area contributed by atoms with E-state index in [4.69, 9.17) is 5.11 Å². The monoisotopic (exact) mass is 188 g/mol. The molecule has 1 heterocycles. The van der Waals surface area contributed by atoms with E-state index in [1.807, 2.05) is 11.8 Å². The van der Waals surface area contributed by atoms with Crippen molar-refractivity contribution in [2.75, 3.05) is 11.5 Å². The van der Waals surface area contributed by atoms with Crippen molar-refractivity contribution >= 4 is 17.7 Å². The van der Waals surface area contributed by atoms with E-state index in [0.29, 0.717) is 6.42 Å². The van der Waals surface area contributed by atoms with Crippen LogP contribution >= 0.6 is 11.8 Å². The second kappa shape index (κ2) is 5.46. The lowest BCUT2D eigenvalue weighted by atomic mass is 9.99. The number of hydrogen-bond donors (Lipinski definition) is 1. The summed E-state index contributed by atoms with van der Waals surface area (Å²) in [6, 6.07) is 0. The molecule has 70 valence electrons. The molecule has 1 N–H and O–H groups in total. The van der Waals surface area contributed by atoms with Gasteiger partial charge in [-0.05, 0) is 43.1 Å². The molecule has 0 aromatic heterocycles. The maximum absolute atomic E-state index is 10.2. The summed E-state index contributed by atoms with van der Waals surface area (Å²) in [5, 5.41) is 8.44. The highest BCUT2D eigenvalue weighted by molar-refractivity contribution is 7.99. The summed E-state index contributed by atoms with van der Waals surface area (Å²) in [6.07, 6.45) is 4.95. The molecule has 1 saturated heterocycles. The molecule has 0 radical (unpaired) electrons. The molecule has 12 heavy (non-hydrogen) atoms. The molecule has 1 aliphatic rings. The van der Waals surface area contributed by atoms with E-state index in [-0.39, 0.29) is 0 Å². The van der Waals surface area contributed by atoms with Crippen LogP contribution in [0.15, 0.2) is 0 Å². The first kappa shape index (κ1) is 9.90. The molecule has 0 aromatic carbocycles. The van der Waals surface area contributed by atoms with Crippen LogP contribution in [-0.2, 0) is 4.79 Å². The number of carboxylic acid groups (broad SMARTS) is 1. The summed E-state index contributed by atoms with van der Waals surface area (Å²) in [4.78, 5) is 10.2. The van der Waals surface area contributed by atoms with Crippen LogP contribution in [0.2, 0.25) is 0 Å². The standard InChI is InChI=1S/C9H16O2S/c10-9(11)5-1-3-8-4-2-6-12-7-8/h8H,1-7H2,(H,10,11). The van der Waals surface area contributed by atoms with Gasteiger partial charge in [-0.3, -0.25) is 4.79 Å². The quantitative estimate of drug-likeness (QED) is 0.736. The average molecular weight is 188 g/mol. The van der Waals surface area contributed by atoms with E-state index in [1.165, 1.54) is 24.3 Å². The van der Waals surface area contributed by atoms with Gasteiger partial charge in [0, 0.05) is 6.42 Å². The smallest absolute Gasteiger partial charge is 0.303 e. The molecule has 0 aliphatic carbocycles. The van der Waals surface area contributed by atoms with E-state index in [9.17, 15) is 4.79 Å². The van der Waals surface area contributed by atoms with Crippen LogP contribution < -0.4 is 0 Å². The number of thioether (sulfide) groups is 1. The van der Waals surface area contributed by atoms with Gasteiger partial charge in [0.25, 0.3) is 0 Å². The number of carbonyl (C=O) groups is 1. The number of aliphatic carboxylic acids is 1. The molecule has 1 atom stereocenters. The number of hydrogen-bond acceptors (Lipinski definition) is 2. The van der Waals surface area contributed by atoms with E-state index < -0.39 is 5.97 Å². The molecule has 0 spiro atoms. The molecule has 1 aliphatic heterocycles. The minimum atomic E-state index is -0.654. The van der Waals surface area contributed by atoms with Crippen molar-refractivity contribution in [1.82, 2.24) is 0 Å². The SMILES string of the molecule is O=C(O)CCCC1CCCSC1. The first-order valence-electron chi connectivity index (χ1n) is 4.58. The van der Waals surface area contributed by atoms with Crippen molar-refractivity contribution in [3.8, 4) is 0 Å². The Labute approximate surface area is 77.7 Å². The highest BCUT2D eigenvalue weighted by Gasteiger charge is 2.13. The Morgan fingerprint density at radius 1 is 1.58 bits per heavy atom. The molecule has 0 aromatic rings. The lowest BCUT2D eigenvalue weighted by Crippen LogP contribution is -2.10. The number of carboxylic acids is 1. The first-order valence-corrected chi connectivity index (χ1v) is 5.74. The highest BCUT2D eigenvalue weighted by Crippen LogP contribution is 2.26. The maximum atomic E-state index is 10.2. The van der Waals surface area contributed by atoms with Crippen LogP contribution in [-0.4, -0.2) is 22.6 Å². The lowest BCUT2D eigenvalue weighted by molar-refractivity contribution is -0.137. The largest absolute Gasteiger partial charge is 0.481 e. The van der Waals surface area contributed by atoms with Gasteiger partial charge in [0.05, 0.1) is 0 Å². The second-order valence-corrected chi connectivity index (χ2v) is 4.52. The van der Waals surface area contributed by atoms with Crippen molar-refractivity contribution in [2.24, 2.45) is 5.92 Å². The van der Waals surface area contributed by atoms with Gasteiger partial charge in [-0.25, -0.2) is 0 Å². The van der Waals surface area contributed by atoms with Gasteiger partial charge in [-0.15, -0.1) is 0 Å². The van der Waals surface area contributed by atoms with Crippen LogP contribution in [0.4, 0.5) is 0 Å². The van der Waals surface area contributed by atoms with Crippen LogP contribution in [0.3, 0.4) is 0 Å². The fourth-order valence-electron chi connectivity index (χ4n) is 1.58. The molecule has 1 rings (SSSR count). The molecular weight excluding hydrogens is 172 g/mol. The Morgan fingerprint density at radius 3 is 3.00 bits per heavy atom. The van der Waals surface area contributed by atoms with Crippen molar-refractivity contribution < 1.29 is 9.90 Å². The predicted octanol–water partition coefficient (Wildman–Crippen LogP) is 2.38. The Hall–Kier alpha value is -0.180. The molecule has 1 unspecified atom stereocenters. The van der Waals surface area contributed by atoms with Gasteiger partial charge in [-0.2, -0.15) is 11.8 Å². The van der Waals surface area contributed by atoms with Gasteiger partial charge in [0.2, 0.25) is 0 Å². The molecular formula is C9H16O2S. The van der Waals surface area contributed by atoms with Crippen molar-refractivity contribution in [1.29, 1.82) is 0 Å². The van der Waals surface area contributed by atoms with Gasteiger partial charge < -0.3 is 5.11 Å². The van der Waals surface area contributed by atoms with Crippen molar-refractivity contribution in [3.63, 3.8) is 0 Å². The lowest BCUT2D eigenvalue weighted by Gasteiger charge is -2.20. The zero-order valence-corrected chi connectivity index (χ0v) is 8.11. The summed E-state index contributed by atoms with van der Waals surface area (Å²) >= 11 is 2.01. The Bertz CT molecular complexity index is 141. The minimum absolute atomic E-state index is 0.348. The maximum Gasteiger partial charge on any atom is 0.303 e. The summed E-state index contributed by atoms with van der Waals surface area (Å²) in [6.45, 7) is 0.